The van der Waals surface area contributed by atoms with Gasteiger partial charge in [-0.05, 0) is 35.1 Å². The lowest BCUT2D eigenvalue weighted by Gasteiger charge is -2.20. The predicted octanol–water partition coefficient (Wildman–Crippen LogP) is 3.56. The average Bonchev–Trinajstić information content (AvgIpc) is 2.61. The lowest BCUT2D eigenvalue weighted by Crippen LogP contribution is -2.06. The van der Waals surface area contributed by atoms with Crippen LogP contribution >= 0.6 is 0 Å². The van der Waals surface area contributed by atoms with Crippen LogP contribution in [0, 0.1) is 0 Å². The highest BCUT2D eigenvalue weighted by atomic mass is 16.5. The molecule has 4 nitrogen and oxygen atoms in total. The van der Waals surface area contributed by atoms with Crippen LogP contribution in [0.1, 0.15) is 24.0 Å². The monoisotopic (exact) mass is 326 g/mol. The maximum Gasteiger partial charge on any atom is 0.305 e. The van der Waals surface area contributed by atoms with Crippen molar-refractivity contribution >= 4 is 11.9 Å². The van der Waals surface area contributed by atoms with Gasteiger partial charge in [-0.2, -0.15) is 0 Å². The van der Waals surface area contributed by atoms with Gasteiger partial charge in [0.2, 0.25) is 0 Å². The first kappa shape index (κ1) is 17.7. The van der Waals surface area contributed by atoms with Crippen LogP contribution < -0.4 is 0 Å². The van der Waals surface area contributed by atoms with Crippen LogP contribution in [-0.4, -0.2) is 26.2 Å². The van der Waals surface area contributed by atoms with Crippen LogP contribution in [-0.2, 0) is 31.9 Å². The number of methoxy groups -OCH3 is 2. The maximum absolute atomic E-state index is 10.8. The molecule has 2 aliphatic carbocycles. The number of aryl methyl sites for hydroxylation is 2. The Morgan fingerprint density at radius 3 is 1.92 bits per heavy atom. The molecule has 2 aliphatic rings. The lowest BCUT2D eigenvalue weighted by atomic mass is 9.84. The number of fused-ring (bicyclic) bond motifs is 1. The molecule has 126 valence electrons. The van der Waals surface area contributed by atoms with E-state index < -0.39 is 0 Å². The molecule has 0 aromatic heterocycles. The van der Waals surface area contributed by atoms with E-state index >= 15 is 0 Å². The second-order valence-corrected chi connectivity index (χ2v) is 5.51. The molecule has 4 heteroatoms. The number of carbonyl (C=O) groups excluding carboxylic acids is 2. The van der Waals surface area contributed by atoms with Gasteiger partial charge in [0.1, 0.15) is 0 Å². The molecule has 0 spiro atoms. The quantitative estimate of drug-likeness (QED) is 0.650. The molecule has 0 unspecified atom stereocenters. The highest BCUT2D eigenvalue weighted by Crippen LogP contribution is 2.37. The summed E-state index contributed by atoms with van der Waals surface area (Å²) in [5.41, 5.74) is 5.12. The van der Waals surface area contributed by atoms with Crippen molar-refractivity contribution in [3.8, 4) is 11.1 Å². The van der Waals surface area contributed by atoms with Gasteiger partial charge in [-0.25, -0.2) is 0 Å². The van der Waals surface area contributed by atoms with Crippen LogP contribution in [0.4, 0.5) is 0 Å². The van der Waals surface area contributed by atoms with E-state index in [9.17, 15) is 9.59 Å². The van der Waals surface area contributed by atoms with Crippen molar-refractivity contribution in [3.05, 3.63) is 59.7 Å². The summed E-state index contributed by atoms with van der Waals surface area (Å²) in [6.07, 6.45) is 2.52. The number of hydrogen-bond acceptors (Lipinski definition) is 4. The molecular formula is C20H22O4. The Morgan fingerprint density at radius 2 is 1.46 bits per heavy atom. The number of carbonyl (C=O) groups is 2. The summed E-state index contributed by atoms with van der Waals surface area (Å²) in [6.45, 7) is 0. The van der Waals surface area contributed by atoms with Gasteiger partial charge in [-0.1, -0.05) is 48.5 Å². The Hall–Kier alpha value is -2.62. The van der Waals surface area contributed by atoms with Crippen LogP contribution in [0.25, 0.3) is 11.1 Å². The van der Waals surface area contributed by atoms with Crippen molar-refractivity contribution in [3.63, 3.8) is 0 Å². The predicted molar refractivity (Wildman–Crippen MR) is 92.6 cm³/mol. The third-order valence-electron chi connectivity index (χ3n) is 3.93. The van der Waals surface area contributed by atoms with Crippen molar-refractivity contribution in [2.45, 2.75) is 25.7 Å². The summed E-state index contributed by atoms with van der Waals surface area (Å²) < 4.78 is 9.08. The largest absolute Gasteiger partial charge is 0.469 e. The van der Waals surface area contributed by atoms with Crippen molar-refractivity contribution in [2.24, 2.45) is 0 Å². The molecule has 0 atom stereocenters. The van der Waals surface area contributed by atoms with Gasteiger partial charge in [-0.15, -0.1) is 0 Å². The molecule has 0 saturated heterocycles. The molecular weight excluding hydrogens is 304 g/mol. The van der Waals surface area contributed by atoms with Gasteiger partial charge < -0.3 is 9.47 Å². The number of esters is 2. The van der Waals surface area contributed by atoms with Crippen LogP contribution in [0.2, 0.25) is 0 Å². The summed E-state index contributed by atoms with van der Waals surface area (Å²) >= 11 is 0. The Bertz CT molecular complexity index is 668. The molecule has 0 fully saturated rings. The number of hydrogen-bond donors (Lipinski definition) is 0. The Balaban J connectivity index is 0.000000174. The second kappa shape index (κ2) is 8.87. The maximum atomic E-state index is 10.8. The molecule has 1 aromatic carbocycles. The van der Waals surface area contributed by atoms with E-state index in [0.717, 1.165) is 12.8 Å². The molecule has 24 heavy (non-hydrogen) atoms. The molecule has 0 heterocycles. The third kappa shape index (κ3) is 4.95. The van der Waals surface area contributed by atoms with Gasteiger partial charge in [0, 0.05) is 12.8 Å². The van der Waals surface area contributed by atoms with Gasteiger partial charge in [-0.3, -0.25) is 9.59 Å². The van der Waals surface area contributed by atoms with Crippen LogP contribution in [0.3, 0.4) is 0 Å². The molecule has 0 aliphatic heterocycles. The van der Waals surface area contributed by atoms with Crippen LogP contribution in [0.5, 0.6) is 0 Å². The zero-order valence-corrected chi connectivity index (χ0v) is 14.1. The van der Waals surface area contributed by atoms with Gasteiger partial charge in [0.15, 0.2) is 0 Å². The summed E-state index contributed by atoms with van der Waals surface area (Å²) in [5, 5.41) is 0. The van der Waals surface area contributed by atoms with Gasteiger partial charge in [0.25, 0.3) is 0 Å². The molecule has 0 radical (unpaired) electrons. The van der Waals surface area contributed by atoms with Crippen molar-refractivity contribution in [2.75, 3.05) is 14.2 Å². The van der Waals surface area contributed by atoms with Crippen molar-refractivity contribution in [1.82, 2.24) is 0 Å². The van der Waals surface area contributed by atoms with Gasteiger partial charge in [0.05, 0.1) is 14.2 Å². The van der Waals surface area contributed by atoms with Gasteiger partial charge >= 0.3 is 11.9 Å². The van der Waals surface area contributed by atoms with Crippen molar-refractivity contribution in [1.29, 1.82) is 0 Å². The highest BCUT2D eigenvalue weighted by Gasteiger charge is 2.16. The summed E-state index contributed by atoms with van der Waals surface area (Å²) in [4.78, 5) is 21.5. The number of rotatable bonds is 6. The minimum Gasteiger partial charge on any atom is -0.469 e. The standard InChI is InChI=1S/C10H10O2.C10H12O2/c1-12-10(11)5-3-8-6-7-2-4-9(7)8;1-12-10(11)8-7-9-5-3-2-4-6-9/h2,4,6H,3,5H2,1H3;2-6H,7-8H2,1H3. The number of ether oxygens (including phenoxy) is 2. The van der Waals surface area contributed by atoms with Crippen molar-refractivity contribution < 1.29 is 19.1 Å². The fraction of sp³-hybridized carbons (Fsp3) is 0.300. The normalized spacial score (nSPS) is 10.2. The number of benzene rings is 2. The fourth-order valence-electron chi connectivity index (χ4n) is 2.41. The third-order valence-corrected chi connectivity index (χ3v) is 3.93. The van der Waals surface area contributed by atoms with E-state index in [4.69, 9.17) is 0 Å². The Kier molecular flexibility index (Phi) is 6.55. The topological polar surface area (TPSA) is 52.6 Å². The van der Waals surface area contributed by atoms with Crippen LogP contribution in [0.15, 0.2) is 48.5 Å². The first-order valence-corrected chi connectivity index (χ1v) is 7.95. The van der Waals surface area contributed by atoms with E-state index in [-0.39, 0.29) is 11.9 Å². The zero-order chi connectivity index (χ0) is 17.4. The lowest BCUT2D eigenvalue weighted by molar-refractivity contribution is -0.141. The molecule has 0 saturated carbocycles. The van der Waals surface area contributed by atoms with E-state index in [1.165, 1.54) is 36.5 Å². The summed E-state index contributed by atoms with van der Waals surface area (Å²) in [6, 6.07) is 16.2. The summed E-state index contributed by atoms with van der Waals surface area (Å²) in [5.74, 6) is -0.285. The smallest absolute Gasteiger partial charge is 0.305 e. The SMILES string of the molecule is COC(=O)CCc1cc2ccc1-2.COC(=O)CCc1ccccc1. The minimum absolute atomic E-state index is 0.131. The molecule has 0 N–H and O–H groups in total. The molecule has 1 aromatic rings. The molecule has 0 amide bonds. The minimum atomic E-state index is -0.154. The second-order valence-electron chi connectivity index (χ2n) is 5.51. The van der Waals surface area contributed by atoms with E-state index in [1.54, 1.807) is 0 Å². The average molecular weight is 326 g/mol. The molecule has 3 rings (SSSR count). The first-order chi connectivity index (χ1) is 11.6. The van der Waals surface area contributed by atoms with E-state index in [2.05, 4.69) is 27.7 Å². The summed E-state index contributed by atoms with van der Waals surface area (Å²) in [7, 11) is 2.83. The Morgan fingerprint density at radius 1 is 0.833 bits per heavy atom. The molecule has 0 bridgehead atoms. The first-order valence-electron chi connectivity index (χ1n) is 7.95. The van der Waals surface area contributed by atoms with E-state index in [0.29, 0.717) is 12.8 Å². The van der Waals surface area contributed by atoms with E-state index in [1.807, 2.05) is 30.3 Å². The highest BCUT2D eigenvalue weighted by molar-refractivity contribution is 5.81. The fourth-order valence-corrected chi connectivity index (χ4v) is 2.41. The Labute approximate surface area is 142 Å². The zero-order valence-electron chi connectivity index (χ0n) is 14.1.